The molecule has 0 radical (unpaired) electrons. The average Bonchev–Trinajstić information content (AvgIpc) is 3.14. The van der Waals surface area contributed by atoms with E-state index in [9.17, 15) is 4.79 Å². The number of nitrogens with zero attached hydrogens (tertiary/aromatic N) is 6. The quantitative estimate of drug-likeness (QED) is 0.883. The first-order valence-electron chi connectivity index (χ1n) is 8.49. The summed E-state index contributed by atoms with van der Waals surface area (Å²) in [5.41, 5.74) is 1.81. The molecule has 1 aliphatic heterocycles. The van der Waals surface area contributed by atoms with Crippen molar-refractivity contribution in [2.45, 2.75) is 25.8 Å². The van der Waals surface area contributed by atoms with Crippen molar-refractivity contribution in [3.8, 4) is 0 Å². The summed E-state index contributed by atoms with van der Waals surface area (Å²) in [5, 5.41) is 15.8. The zero-order chi connectivity index (χ0) is 18.0. The topological polar surface area (TPSA) is 79.2 Å². The normalized spacial score (nSPS) is 17.7. The van der Waals surface area contributed by atoms with E-state index in [-0.39, 0.29) is 11.9 Å². The second kappa shape index (κ2) is 7.18. The molecule has 1 N–H and O–H groups in total. The highest BCUT2D eigenvalue weighted by molar-refractivity contribution is 5.91. The lowest BCUT2D eigenvalue weighted by Crippen LogP contribution is -2.33. The Hall–Kier alpha value is -2.48. The van der Waals surface area contributed by atoms with Gasteiger partial charge in [-0.1, -0.05) is 0 Å². The number of carbonyl (C=O) groups is 1. The van der Waals surface area contributed by atoms with Gasteiger partial charge in [0.15, 0.2) is 5.82 Å². The Kier molecular flexibility index (Phi) is 4.98. The Morgan fingerprint density at radius 3 is 2.76 bits per heavy atom. The van der Waals surface area contributed by atoms with Gasteiger partial charge in [-0.3, -0.25) is 14.4 Å². The number of nitrogens with one attached hydrogen (secondary N) is 1. The van der Waals surface area contributed by atoms with Crippen LogP contribution >= 0.6 is 0 Å². The number of carbonyl (C=O) groups excluding carboxylic acids is 1. The van der Waals surface area contributed by atoms with E-state index in [1.54, 1.807) is 4.68 Å². The van der Waals surface area contributed by atoms with Gasteiger partial charge in [0.2, 0.25) is 5.91 Å². The monoisotopic (exact) mass is 343 g/mol. The van der Waals surface area contributed by atoms with Crippen LogP contribution in [0.25, 0.3) is 0 Å². The van der Waals surface area contributed by atoms with Crippen LogP contribution in [0.4, 0.5) is 11.6 Å². The van der Waals surface area contributed by atoms with Gasteiger partial charge < -0.3 is 10.2 Å². The largest absolute Gasteiger partial charge is 0.361 e. The van der Waals surface area contributed by atoms with Crippen LogP contribution in [0, 0.1) is 6.92 Å². The Balaban J connectivity index is 1.65. The van der Waals surface area contributed by atoms with Crippen LogP contribution in [0.1, 0.15) is 30.3 Å². The van der Waals surface area contributed by atoms with Crippen LogP contribution in [0.15, 0.2) is 18.2 Å². The van der Waals surface area contributed by atoms with Crippen molar-refractivity contribution in [2.24, 2.45) is 7.05 Å². The van der Waals surface area contributed by atoms with E-state index in [1.807, 2.05) is 51.2 Å². The van der Waals surface area contributed by atoms with Crippen LogP contribution in [0.5, 0.6) is 0 Å². The maximum atomic E-state index is 12.4. The van der Waals surface area contributed by atoms with Crippen molar-refractivity contribution in [1.29, 1.82) is 0 Å². The van der Waals surface area contributed by atoms with Crippen LogP contribution in [0.3, 0.4) is 0 Å². The molecule has 1 fully saturated rings. The lowest BCUT2D eigenvalue weighted by Gasteiger charge is -2.23. The second-order valence-electron chi connectivity index (χ2n) is 6.68. The van der Waals surface area contributed by atoms with E-state index < -0.39 is 0 Å². The Labute approximate surface area is 147 Å². The first-order chi connectivity index (χ1) is 11.9. The predicted molar refractivity (Wildman–Crippen MR) is 96.5 cm³/mol. The van der Waals surface area contributed by atoms with Crippen molar-refractivity contribution in [3.05, 3.63) is 29.6 Å². The van der Waals surface area contributed by atoms with E-state index in [0.717, 1.165) is 36.6 Å². The molecule has 2 aromatic rings. The van der Waals surface area contributed by atoms with Crippen molar-refractivity contribution in [3.63, 3.8) is 0 Å². The molecule has 1 unspecified atom stereocenters. The van der Waals surface area contributed by atoms with E-state index in [2.05, 4.69) is 25.5 Å². The summed E-state index contributed by atoms with van der Waals surface area (Å²) in [7, 11) is 5.70. The molecule has 25 heavy (non-hydrogen) atoms. The van der Waals surface area contributed by atoms with Gasteiger partial charge in [0.25, 0.3) is 0 Å². The minimum atomic E-state index is -0.0345. The average molecular weight is 343 g/mol. The third-order valence-corrected chi connectivity index (χ3v) is 4.45. The fourth-order valence-electron chi connectivity index (χ4n) is 3.20. The highest BCUT2D eigenvalue weighted by atomic mass is 16.2. The summed E-state index contributed by atoms with van der Waals surface area (Å²) in [6.07, 6.45) is 2.05. The van der Waals surface area contributed by atoms with Gasteiger partial charge in [-0.05, 0) is 38.4 Å². The highest BCUT2D eigenvalue weighted by Crippen LogP contribution is 2.30. The van der Waals surface area contributed by atoms with Crippen molar-refractivity contribution >= 4 is 17.5 Å². The van der Waals surface area contributed by atoms with E-state index in [0.29, 0.717) is 12.4 Å². The van der Waals surface area contributed by atoms with Crippen LogP contribution < -0.4 is 10.2 Å². The fraction of sp³-hybridized carbons (Fsp3) is 0.529. The second-order valence-corrected chi connectivity index (χ2v) is 6.68. The zero-order valence-corrected chi connectivity index (χ0v) is 15.2. The molecule has 8 nitrogen and oxygen atoms in total. The maximum absolute atomic E-state index is 12.4. The third kappa shape index (κ3) is 3.96. The lowest BCUT2D eigenvalue weighted by molar-refractivity contribution is -0.117. The lowest BCUT2D eigenvalue weighted by atomic mass is 10.1. The molecule has 0 spiro atoms. The molecule has 2 aromatic heterocycles. The van der Waals surface area contributed by atoms with Crippen molar-refractivity contribution < 1.29 is 4.79 Å². The van der Waals surface area contributed by atoms with Crippen LogP contribution in [-0.4, -0.2) is 58.0 Å². The number of anilines is 2. The molecule has 3 heterocycles. The Bertz CT molecular complexity index is 738. The zero-order valence-electron chi connectivity index (χ0n) is 15.2. The van der Waals surface area contributed by atoms with E-state index in [1.165, 1.54) is 0 Å². The van der Waals surface area contributed by atoms with Crippen LogP contribution in [-0.2, 0) is 11.8 Å². The molecule has 1 aliphatic rings. The maximum Gasteiger partial charge on any atom is 0.239 e. The molecule has 1 atom stereocenters. The molecule has 134 valence electrons. The molecule has 3 rings (SSSR count). The van der Waals surface area contributed by atoms with Crippen LogP contribution in [0.2, 0.25) is 0 Å². The summed E-state index contributed by atoms with van der Waals surface area (Å²) < 4.78 is 1.68. The number of hydrogen-bond donors (Lipinski definition) is 1. The van der Waals surface area contributed by atoms with E-state index >= 15 is 0 Å². The molecular formula is C17H25N7O. The number of amides is 1. The standard InChI is InChI=1S/C17H25N7O/c1-12-10-16(23(4)21-12)18-17(25)11-24-9-5-6-14(24)13-7-8-15(20-19-13)22(2)3/h7-8,10,14H,5-6,9,11H2,1-4H3,(H,18,25). The molecular weight excluding hydrogens is 318 g/mol. The molecule has 0 saturated carbocycles. The van der Waals surface area contributed by atoms with Crippen molar-refractivity contribution in [1.82, 2.24) is 24.9 Å². The van der Waals surface area contributed by atoms with Crippen molar-refractivity contribution in [2.75, 3.05) is 37.4 Å². The van der Waals surface area contributed by atoms with Gasteiger partial charge in [-0.25, -0.2) is 0 Å². The smallest absolute Gasteiger partial charge is 0.239 e. The Morgan fingerprint density at radius 1 is 1.36 bits per heavy atom. The molecule has 0 aromatic carbocycles. The summed E-state index contributed by atoms with van der Waals surface area (Å²) in [6, 6.07) is 5.98. The number of hydrogen-bond acceptors (Lipinski definition) is 6. The fourth-order valence-corrected chi connectivity index (χ4v) is 3.20. The third-order valence-electron chi connectivity index (χ3n) is 4.45. The number of aryl methyl sites for hydroxylation is 2. The number of likely N-dealkylation sites (tertiary alicyclic amines) is 1. The highest BCUT2D eigenvalue weighted by Gasteiger charge is 2.29. The minimum Gasteiger partial charge on any atom is -0.361 e. The minimum absolute atomic E-state index is 0.0345. The number of rotatable bonds is 5. The molecule has 1 amide bonds. The first kappa shape index (κ1) is 17.3. The van der Waals surface area contributed by atoms with Gasteiger partial charge in [-0.15, -0.1) is 5.10 Å². The summed E-state index contributed by atoms with van der Waals surface area (Å²) in [4.78, 5) is 16.5. The summed E-state index contributed by atoms with van der Waals surface area (Å²) in [5.74, 6) is 1.51. The molecule has 0 aliphatic carbocycles. The predicted octanol–water partition coefficient (Wildman–Crippen LogP) is 1.36. The van der Waals surface area contributed by atoms with Gasteiger partial charge in [0, 0.05) is 27.2 Å². The summed E-state index contributed by atoms with van der Waals surface area (Å²) >= 11 is 0. The summed E-state index contributed by atoms with van der Waals surface area (Å²) in [6.45, 7) is 3.13. The number of aromatic nitrogens is 4. The van der Waals surface area contributed by atoms with Gasteiger partial charge >= 0.3 is 0 Å². The van der Waals surface area contributed by atoms with Gasteiger partial charge in [0.1, 0.15) is 5.82 Å². The Morgan fingerprint density at radius 2 is 2.16 bits per heavy atom. The SMILES string of the molecule is Cc1cc(NC(=O)CN2CCCC2c2ccc(N(C)C)nn2)n(C)n1. The van der Waals surface area contributed by atoms with Gasteiger partial charge in [0.05, 0.1) is 24.0 Å². The first-order valence-corrected chi connectivity index (χ1v) is 8.49. The molecule has 1 saturated heterocycles. The van der Waals surface area contributed by atoms with E-state index in [4.69, 9.17) is 0 Å². The molecule has 0 bridgehead atoms. The van der Waals surface area contributed by atoms with Gasteiger partial charge in [-0.2, -0.15) is 10.2 Å². The molecule has 8 heteroatoms.